The summed E-state index contributed by atoms with van der Waals surface area (Å²) in [5, 5.41) is 3.17. The van der Waals surface area contributed by atoms with E-state index in [-0.39, 0.29) is 23.1 Å². The Kier molecular flexibility index (Phi) is 7.33. The molecule has 0 bridgehead atoms. The highest BCUT2D eigenvalue weighted by atomic mass is 35.5. The summed E-state index contributed by atoms with van der Waals surface area (Å²) in [4.78, 5) is 12.1. The molecule has 0 heterocycles. The first kappa shape index (κ1) is 22.1. The van der Waals surface area contributed by atoms with E-state index in [1.165, 1.54) is 24.3 Å². The van der Waals surface area contributed by atoms with Crippen LogP contribution in [0.4, 0.5) is 5.69 Å². The molecule has 9 heteroatoms. The molecule has 0 aliphatic rings. The summed E-state index contributed by atoms with van der Waals surface area (Å²) in [5.41, 5.74) is 1.23. The molecule has 0 saturated carbocycles. The largest absolute Gasteiger partial charge is 0.484 e. The molecular weight excluding hydrogens is 447 g/mol. The Labute approximate surface area is 184 Å². The fourth-order valence-corrected chi connectivity index (χ4v) is 3.87. The minimum absolute atomic E-state index is 0.0981. The molecule has 0 fully saturated rings. The molecule has 0 atom stereocenters. The van der Waals surface area contributed by atoms with E-state index in [1.807, 2.05) is 30.3 Å². The summed E-state index contributed by atoms with van der Waals surface area (Å²) >= 11 is 11.9. The number of benzene rings is 3. The van der Waals surface area contributed by atoms with E-state index in [1.54, 1.807) is 18.2 Å². The van der Waals surface area contributed by atoms with Gasteiger partial charge in [-0.2, -0.15) is 0 Å². The van der Waals surface area contributed by atoms with Gasteiger partial charge in [0.15, 0.2) is 6.61 Å². The maximum atomic E-state index is 12.4. The number of halogens is 2. The van der Waals surface area contributed by atoms with Gasteiger partial charge < -0.3 is 10.1 Å². The molecule has 1 amide bonds. The number of ether oxygens (including phenoxy) is 1. The van der Waals surface area contributed by atoms with Gasteiger partial charge in [0.2, 0.25) is 10.0 Å². The highest BCUT2D eigenvalue weighted by Crippen LogP contribution is 2.29. The van der Waals surface area contributed by atoms with E-state index < -0.39 is 15.9 Å². The molecule has 3 aromatic carbocycles. The zero-order chi connectivity index (χ0) is 21.6. The Hall–Kier alpha value is -2.58. The molecule has 2 N–H and O–H groups in total. The van der Waals surface area contributed by atoms with E-state index in [0.29, 0.717) is 16.5 Å². The number of sulfonamides is 1. The number of hydrogen-bond donors (Lipinski definition) is 2. The van der Waals surface area contributed by atoms with Gasteiger partial charge in [0.05, 0.1) is 20.6 Å². The van der Waals surface area contributed by atoms with Crippen molar-refractivity contribution < 1.29 is 17.9 Å². The number of amides is 1. The van der Waals surface area contributed by atoms with Crippen LogP contribution in [-0.2, 0) is 21.4 Å². The number of carbonyl (C=O) groups is 1. The summed E-state index contributed by atoms with van der Waals surface area (Å²) in [6, 6.07) is 19.9. The second-order valence-electron chi connectivity index (χ2n) is 6.22. The predicted molar refractivity (Wildman–Crippen MR) is 117 cm³/mol. The van der Waals surface area contributed by atoms with Crippen molar-refractivity contribution in [3.63, 3.8) is 0 Å². The van der Waals surface area contributed by atoms with Crippen LogP contribution < -0.4 is 14.8 Å². The van der Waals surface area contributed by atoms with Crippen LogP contribution in [0.2, 0.25) is 10.0 Å². The minimum atomic E-state index is -3.67. The first-order valence-corrected chi connectivity index (χ1v) is 11.1. The van der Waals surface area contributed by atoms with Crippen molar-refractivity contribution in [2.24, 2.45) is 0 Å². The molecule has 0 aliphatic carbocycles. The van der Waals surface area contributed by atoms with E-state index >= 15 is 0 Å². The monoisotopic (exact) mass is 464 g/mol. The number of hydrogen-bond acceptors (Lipinski definition) is 4. The molecular formula is C21H18Cl2N2O4S. The number of nitrogens with one attached hydrogen (secondary N) is 2. The Morgan fingerprint density at radius 3 is 2.30 bits per heavy atom. The van der Waals surface area contributed by atoms with Crippen molar-refractivity contribution in [3.8, 4) is 5.75 Å². The Balaban J connectivity index is 1.55. The maximum absolute atomic E-state index is 12.4. The van der Waals surface area contributed by atoms with Crippen LogP contribution in [0.15, 0.2) is 77.7 Å². The summed E-state index contributed by atoms with van der Waals surface area (Å²) in [6.07, 6.45) is 0. The Morgan fingerprint density at radius 2 is 1.60 bits per heavy atom. The Morgan fingerprint density at radius 1 is 0.900 bits per heavy atom. The van der Waals surface area contributed by atoms with Crippen molar-refractivity contribution in [1.29, 1.82) is 0 Å². The van der Waals surface area contributed by atoms with Crippen molar-refractivity contribution in [2.45, 2.75) is 11.4 Å². The van der Waals surface area contributed by atoms with Crippen LogP contribution in [0.1, 0.15) is 5.56 Å². The molecule has 3 aromatic rings. The summed E-state index contributed by atoms with van der Waals surface area (Å²) in [5.74, 6) is -0.0789. The van der Waals surface area contributed by atoms with E-state index in [9.17, 15) is 13.2 Å². The van der Waals surface area contributed by atoms with Crippen LogP contribution in [0.25, 0.3) is 0 Å². The molecule has 0 saturated heterocycles. The van der Waals surface area contributed by atoms with Crippen LogP contribution in [0.5, 0.6) is 5.75 Å². The summed E-state index contributed by atoms with van der Waals surface area (Å²) in [6.45, 7) is -0.0884. The third kappa shape index (κ3) is 5.96. The molecule has 156 valence electrons. The van der Waals surface area contributed by atoms with Gasteiger partial charge in [0.25, 0.3) is 5.91 Å². The second kappa shape index (κ2) is 9.95. The molecule has 0 radical (unpaired) electrons. The molecule has 6 nitrogen and oxygen atoms in total. The lowest BCUT2D eigenvalue weighted by molar-refractivity contribution is -0.118. The zero-order valence-corrected chi connectivity index (χ0v) is 18.0. The van der Waals surface area contributed by atoms with Gasteiger partial charge >= 0.3 is 0 Å². The SMILES string of the molecule is O=C(COc1ccc(S(=O)(=O)NCc2ccccc2)cc1)Nc1cccc(Cl)c1Cl. The van der Waals surface area contributed by atoms with Gasteiger partial charge in [0, 0.05) is 6.54 Å². The predicted octanol–water partition coefficient (Wildman–Crippen LogP) is 4.49. The third-order valence-electron chi connectivity index (χ3n) is 4.04. The van der Waals surface area contributed by atoms with Gasteiger partial charge in [-0.25, -0.2) is 13.1 Å². The number of anilines is 1. The van der Waals surface area contributed by atoms with Gasteiger partial charge in [-0.3, -0.25) is 4.79 Å². The Bertz CT molecular complexity index is 1120. The molecule has 0 aromatic heterocycles. The van der Waals surface area contributed by atoms with E-state index in [2.05, 4.69) is 10.0 Å². The van der Waals surface area contributed by atoms with Crippen LogP contribution in [0, 0.1) is 0 Å². The molecule has 3 rings (SSSR count). The smallest absolute Gasteiger partial charge is 0.262 e. The highest BCUT2D eigenvalue weighted by Gasteiger charge is 2.14. The van der Waals surface area contributed by atoms with Crippen molar-refractivity contribution in [1.82, 2.24) is 4.72 Å². The minimum Gasteiger partial charge on any atom is -0.484 e. The molecule has 0 aliphatic heterocycles. The van der Waals surface area contributed by atoms with Gasteiger partial charge in [-0.05, 0) is 42.0 Å². The normalized spacial score (nSPS) is 11.1. The lowest BCUT2D eigenvalue weighted by atomic mass is 10.2. The zero-order valence-electron chi connectivity index (χ0n) is 15.6. The van der Waals surface area contributed by atoms with Crippen LogP contribution >= 0.6 is 23.2 Å². The van der Waals surface area contributed by atoms with Gasteiger partial charge in [0.1, 0.15) is 5.75 Å². The van der Waals surface area contributed by atoms with Crippen molar-refractivity contribution in [3.05, 3.63) is 88.4 Å². The fourth-order valence-electron chi connectivity index (χ4n) is 2.51. The maximum Gasteiger partial charge on any atom is 0.262 e. The number of carbonyl (C=O) groups excluding carboxylic acids is 1. The first-order chi connectivity index (χ1) is 14.3. The van der Waals surface area contributed by atoms with Gasteiger partial charge in [-0.1, -0.05) is 59.6 Å². The quantitative estimate of drug-likeness (QED) is 0.514. The summed E-state index contributed by atoms with van der Waals surface area (Å²) < 4.78 is 32.8. The first-order valence-electron chi connectivity index (χ1n) is 8.85. The number of rotatable bonds is 8. The average molecular weight is 465 g/mol. The second-order valence-corrected chi connectivity index (χ2v) is 8.77. The molecule has 0 spiro atoms. The lowest BCUT2D eigenvalue weighted by Crippen LogP contribution is -2.23. The van der Waals surface area contributed by atoms with Crippen molar-refractivity contribution in [2.75, 3.05) is 11.9 Å². The highest BCUT2D eigenvalue weighted by molar-refractivity contribution is 7.89. The van der Waals surface area contributed by atoms with Crippen LogP contribution in [0.3, 0.4) is 0 Å². The fraction of sp³-hybridized carbons (Fsp3) is 0.0952. The van der Waals surface area contributed by atoms with Gasteiger partial charge in [-0.15, -0.1) is 0 Å². The summed E-state index contributed by atoms with van der Waals surface area (Å²) in [7, 11) is -3.67. The van der Waals surface area contributed by atoms with Crippen LogP contribution in [-0.4, -0.2) is 20.9 Å². The lowest BCUT2D eigenvalue weighted by Gasteiger charge is -2.10. The topological polar surface area (TPSA) is 84.5 Å². The average Bonchev–Trinajstić information content (AvgIpc) is 2.75. The standard InChI is InChI=1S/C21H18Cl2N2O4S/c22-18-7-4-8-19(21(18)23)25-20(26)14-29-16-9-11-17(12-10-16)30(27,28)24-13-15-5-2-1-3-6-15/h1-12,24H,13-14H2,(H,25,26). The van der Waals surface area contributed by atoms with Crippen molar-refractivity contribution >= 4 is 44.8 Å². The molecule has 30 heavy (non-hydrogen) atoms. The molecule has 0 unspecified atom stereocenters. The third-order valence-corrected chi connectivity index (χ3v) is 6.27. The van der Waals surface area contributed by atoms with E-state index in [0.717, 1.165) is 5.56 Å². The van der Waals surface area contributed by atoms with E-state index in [4.69, 9.17) is 27.9 Å².